The number of hydrogen-bond donors (Lipinski definition) is 0. The second-order valence-corrected chi connectivity index (χ2v) is 14.4. The van der Waals surface area contributed by atoms with Gasteiger partial charge in [-0.15, -0.1) is 33.2 Å². The smallest absolute Gasteiger partial charge is 0.152 e. The lowest BCUT2D eigenvalue weighted by molar-refractivity contribution is 0.607. The molecule has 1 rings (SSSR count). The standard InChI is InChI=1S/C12H19Cl3SSi/c13-17(14,15)10-6-4-2-1-3-5-7-12-8-9-16-11-12/h8-9,11H,1-7,10H2. The molecular weight excluding hydrogens is 311 g/mol. The fourth-order valence-electron chi connectivity index (χ4n) is 1.80. The van der Waals surface area contributed by atoms with E-state index in [1.165, 1.54) is 44.1 Å². The van der Waals surface area contributed by atoms with E-state index in [2.05, 4.69) is 16.8 Å². The van der Waals surface area contributed by atoms with Crippen LogP contribution in [0.3, 0.4) is 0 Å². The van der Waals surface area contributed by atoms with Crippen molar-refractivity contribution >= 4 is 50.6 Å². The number of hydrogen-bond acceptors (Lipinski definition) is 1. The Labute approximate surface area is 123 Å². The molecule has 0 aliphatic heterocycles. The van der Waals surface area contributed by atoms with Crippen LogP contribution in [0.25, 0.3) is 0 Å². The van der Waals surface area contributed by atoms with Crippen LogP contribution in [-0.4, -0.2) is 6.00 Å². The summed E-state index contributed by atoms with van der Waals surface area (Å²) in [5, 5.41) is 4.39. The van der Waals surface area contributed by atoms with Gasteiger partial charge in [0.15, 0.2) is 0 Å². The van der Waals surface area contributed by atoms with Gasteiger partial charge in [0.25, 0.3) is 0 Å². The Morgan fingerprint density at radius 1 is 0.941 bits per heavy atom. The van der Waals surface area contributed by atoms with E-state index in [0.29, 0.717) is 0 Å². The first-order valence-corrected chi connectivity index (χ1v) is 12.3. The largest absolute Gasteiger partial charge is 0.341 e. The van der Waals surface area contributed by atoms with E-state index in [9.17, 15) is 0 Å². The van der Waals surface area contributed by atoms with Crippen LogP contribution in [-0.2, 0) is 6.42 Å². The van der Waals surface area contributed by atoms with Crippen molar-refractivity contribution in [1.82, 2.24) is 0 Å². The molecule has 0 aliphatic carbocycles. The van der Waals surface area contributed by atoms with E-state index < -0.39 is 6.00 Å². The average molecular weight is 330 g/mol. The predicted molar refractivity (Wildman–Crippen MR) is 83.8 cm³/mol. The monoisotopic (exact) mass is 328 g/mol. The quantitative estimate of drug-likeness (QED) is 0.284. The van der Waals surface area contributed by atoms with E-state index in [1.54, 1.807) is 11.3 Å². The molecule has 0 nitrogen and oxygen atoms in total. The Morgan fingerprint density at radius 3 is 2.18 bits per heavy atom. The summed E-state index contributed by atoms with van der Waals surface area (Å²) in [5.74, 6) is 0. The predicted octanol–water partition coefficient (Wildman–Crippen LogP) is 6.29. The Balaban J connectivity index is 1.85. The van der Waals surface area contributed by atoms with Gasteiger partial charge in [0, 0.05) is 0 Å². The molecular formula is C12H19Cl3SSi. The van der Waals surface area contributed by atoms with Crippen molar-refractivity contribution in [3.05, 3.63) is 22.4 Å². The topological polar surface area (TPSA) is 0 Å². The van der Waals surface area contributed by atoms with Crippen molar-refractivity contribution in [2.24, 2.45) is 0 Å². The zero-order valence-corrected chi connectivity index (χ0v) is 14.0. The van der Waals surface area contributed by atoms with Crippen LogP contribution in [0.5, 0.6) is 0 Å². The molecule has 0 atom stereocenters. The van der Waals surface area contributed by atoms with Crippen LogP contribution in [0, 0.1) is 0 Å². The number of halogens is 3. The van der Waals surface area contributed by atoms with E-state index in [1.807, 2.05) is 0 Å². The summed E-state index contributed by atoms with van der Waals surface area (Å²) >= 11 is 19.3. The first kappa shape index (κ1) is 15.8. The fourth-order valence-corrected chi connectivity index (χ4v) is 4.35. The fraction of sp³-hybridized carbons (Fsp3) is 0.667. The van der Waals surface area contributed by atoms with Crippen molar-refractivity contribution in [1.29, 1.82) is 0 Å². The van der Waals surface area contributed by atoms with E-state index in [0.717, 1.165) is 12.5 Å². The van der Waals surface area contributed by atoms with Crippen molar-refractivity contribution in [2.45, 2.75) is 51.0 Å². The first-order valence-electron chi connectivity index (χ1n) is 6.16. The third-order valence-electron chi connectivity index (χ3n) is 2.76. The molecule has 0 amide bonds. The zero-order valence-electron chi connectivity index (χ0n) is 9.93. The Hall–Kier alpha value is 0.787. The summed E-state index contributed by atoms with van der Waals surface area (Å²) in [6.07, 6.45) is 8.72. The highest BCUT2D eigenvalue weighted by atomic mass is 35.8. The third kappa shape index (κ3) is 9.37. The molecule has 17 heavy (non-hydrogen) atoms. The molecule has 1 heterocycles. The van der Waals surface area contributed by atoms with Crippen LogP contribution in [0.2, 0.25) is 6.04 Å². The molecule has 0 aliphatic rings. The number of thiophene rings is 1. The number of rotatable bonds is 9. The highest BCUT2D eigenvalue weighted by Gasteiger charge is 2.23. The highest BCUT2D eigenvalue weighted by Crippen LogP contribution is 2.27. The maximum absolute atomic E-state index is 5.82. The Bertz CT molecular complexity index is 282. The number of unbranched alkanes of at least 4 members (excludes halogenated alkanes) is 5. The van der Waals surface area contributed by atoms with E-state index >= 15 is 0 Å². The van der Waals surface area contributed by atoms with Crippen LogP contribution in [0.4, 0.5) is 0 Å². The van der Waals surface area contributed by atoms with Crippen LogP contribution >= 0.6 is 44.6 Å². The molecule has 0 saturated carbocycles. The molecule has 0 spiro atoms. The molecule has 0 aromatic carbocycles. The van der Waals surface area contributed by atoms with Gasteiger partial charge >= 0.3 is 6.00 Å². The summed E-state index contributed by atoms with van der Waals surface area (Å²) in [6.45, 7) is 0. The third-order valence-corrected chi connectivity index (χ3v) is 6.11. The molecule has 0 saturated heterocycles. The highest BCUT2D eigenvalue weighted by molar-refractivity contribution is 7.64. The molecule has 0 N–H and O–H groups in total. The lowest BCUT2D eigenvalue weighted by atomic mass is 10.1. The summed E-state index contributed by atoms with van der Waals surface area (Å²) in [6, 6.07) is 0.679. The van der Waals surface area contributed by atoms with Crippen molar-refractivity contribution in [3.8, 4) is 0 Å². The average Bonchev–Trinajstić information content (AvgIpc) is 2.73. The molecule has 0 radical (unpaired) electrons. The maximum atomic E-state index is 5.82. The molecule has 5 heteroatoms. The van der Waals surface area contributed by atoms with Gasteiger partial charge in [-0.3, -0.25) is 0 Å². The minimum Gasteiger partial charge on any atom is -0.152 e. The van der Waals surface area contributed by atoms with Gasteiger partial charge < -0.3 is 0 Å². The first-order chi connectivity index (χ1) is 8.08. The lowest BCUT2D eigenvalue weighted by Gasteiger charge is -2.06. The van der Waals surface area contributed by atoms with E-state index in [-0.39, 0.29) is 0 Å². The summed E-state index contributed by atoms with van der Waals surface area (Å²) in [7, 11) is 0. The van der Waals surface area contributed by atoms with Crippen molar-refractivity contribution in [2.75, 3.05) is 0 Å². The van der Waals surface area contributed by atoms with Crippen LogP contribution in [0.1, 0.15) is 44.1 Å². The molecule has 0 unspecified atom stereocenters. The van der Waals surface area contributed by atoms with Gasteiger partial charge in [0.05, 0.1) is 0 Å². The summed E-state index contributed by atoms with van der Waals surface area (Å²) < 4.78 is 0. The summed E-state index contributed by atoms with van der Waals surface area (Å²) in [4.78, 5) is 0. The van der Waals surface area contributed by atoms with Gasteiger partial charge in [0.1, 0.15) is 0 Å². The molecule has 1 aromatic heterocycles. The summed E-state index contributed by atoms with van der Waals surface area (Å²) in [5.41, 5.74) is 1.48. The second kappa shape index (κ2) is 8.81. The Kier molecular flexibility index (Phi) is 8.21. The van der Waals surface area contributed by atoms with Crippen molar-refractivity contribution < 1.29 is 0 Å². The Morgan fingerprint density at radius 2 is 1.59 bits per heavy atom. The van der Waals surface area contributed by atoms with E-state index in [4.69, 9.17) is 33.2 Å². The minimum atomic E-state index is -2.35. The minimum absolute atomic E-state index is 0.812. The van der Waals surface area contributed by atoms with Crippen molar-refractivity contribution in [3.63, 3.8) is 0 Å². The molecule has 98 valence electrons. The van der Waals surface area contributed by atoms with Gasteiger partial charge in [-0.2, -0.15) is 11.3 Å². The van der Waals surface area contributed by atoms with Gasteiger partial charge in [-0.25, -0.2) is 0 Å². The second-order valence-electron chi connectivity index (χ2n) is 4.37. The van der Waals surface area contributed by atoms with Gasteiger partial charge in [0.2, 0.25) is 0 Å². The van der Waals surface area contributed by atoms with Crippen LogP contribution < -0.4 is 0 Å². The van der Waals surface area contributed by atoms with Crippen LogP contribution in [0.15, 0.2) is 16.8 Å². The molecule has 0 bridgehead atoms. The molecule has 0 fully saturated rings. The SMILES string of the molecule is Cl[Si](Cl)(Cl)CCCCCCCCc1ccsc1. The normalized spacial score (nSPS) is 11.9. The number of aryl methyl sites for hydroxylation is 1. The maximum Gasteiger partial charge on any atom is 0.341 e. The van der Waals surface area contributed by atoms with Gasteiger partial charge in [-0.1, -0.05) is 32.1 Å². The lowest BCUT2D eigenvalue weighted by Crippen LogP contribution is -2.07. The molecule has 1 aromatic rings. The van der Waals surface area contributed by atoms with Gasteiger partial charge in [-0.05, 0) is 41.3 Å². The zero-order chi connectivity index (χ0) is 12.6.